The Hall–Kier alpha value is -1.03. The van der Waals surface area contributed by atoms with Gasteiger partial charge in [0.1, 0.15) is 0 Å². The lowest BCUT2D eigenvalue weighted by Gasteiger charge is -1.94. The molecular weight excluding hydrogens is 98.1 g/mol. The predicted molar refractivity (Wildman–Crippen MR) is 31.8 cm³/mol. The number of rotatable bonds is 0. The van der Waals surface area contributed by atoms with E-state index in [1.54, 1.807) is 0 Å². The van der Waals surface area contributed by atoms with Gasteiger partial charge < -0.3 is 0 Å². The summed E-state index contributed by atoms with van der Waals surface area (Å²) in [6.07, 6.45) is 8.57. The summed E-state index contributed by atoms with van der Waals surface area (Å²) in [5, 5.41) is 8.30. The first-order valence-electron chi connectivity index (χ1n) is 2.53. The zero-order valence-corrected chi connectivity index (χ0v) is 4.46. The molecule has 0 aromatic rings. The standard InChI is InChI=1S/C7H6N/c8-6-7-4-2-1-3-5-7/h2-5H,1H2. The Morgan fingerprint density at radius 1 is 1.62 bits per heavy atom. The third-order valence-electron chi connectivity index (χ3n) is 0.996. The van der Waals surface area contributed by atoms with Crippen molar-refractivity contribution in [3.63, 3.8) is 0 Å². The number of allylic oxidation sites excluding steroid dienone is 4. The summed E-state index contributed by atoms with van der Waals surface area (Å²) >= 11 is 0. The van der Waals surface area contributed by atoms with Gasteiger partial charge >= 0.3 is 0 Å². The predicted octanol–water partition coefficient (Wildman–Crippen LogP) is 1.60. The van der Waals surface area contributed by atoms with Crippen LogP contribution in [0.25, 0.3) is 0 Å². The van der Waals surface area contributed by atoms with Gasteiger partial charge in [-0.05, 0) is 18.9 Å². The quantitative estimate of drug-likeness (QED) is 0.458. The highest BCUT2D eigenvalue weighted by Gasteiger charge is 1.91. The van der Waals surface area contributed by atoms with Gasteiger partial charge in [0, 0.05) is 5.57 Å². The van der Waals surface area contributed by atoms with E-state index in [9.17, 15) is 0 Å². The maximum atomic E-state index is 8.30. The highest BCUT2D eigenvalue weighted by atomic mass is 14.2. The first-order valence-corrected chi connectivity index (χ1v) is 2.53. The molecule has 1 aliphatic carbocycles. The summed E-state index contributed by atoms with van der Waals surface area (Å²) in [4.78, 5) is 0. The molecule has 0 aromatic heterocycles. The molecule has 0 unspecified atom stereocenters. The van der Waals surface area contributed by atoms with Crippen molar-refractivity contribution in [1.82, 2.24) is 0 Å². The van der Waals surface area contributed by atoms with E-state index < -0.39 is 0 Å². The fraction of sp³-hybridized carbons (Fsp3) is 0.143. The Balaban J connectivity index is 2.68. The van der Waals surface area contributed by atoms with Crippen molar-refractivity contribution in [2.75, 3.05) is 0 Å². The average molecular weight is 104 g/mol. The van der Waals surface area contributed by atoms with E-state index in [1.165, 1.54) is 0 Å². The van der Waals surface area contributed by atoms with Crippen LogP contribution in [-0.4, -0.2) is 0 Å². The van der Waals surface area contributed by atoms with Gasteiger partial charge in [-0.25, -0.2) is 0 Å². The monoisotopic (exact) mass is 104 g/mol. The first-order chi connectivity index (χ1) is 3.93. The molecule has 0 amide bonds. The highest BCUT2D eigenvalue weighted by Crippen LogP contribution is 2.06. The number of nitriles is 1. The molecule has 0 atom stereocenters. The minimum Gasteiger partial charge on any atom is -0.192 e. The first kappa shape index (κ1) is 5.11. The zero-order valence-electron chi connectivity index (χ0n) is 4.46. The van der Waals surface area contributed by atoms with Crippen LogP contribution in [0.1, 0.15) is 6.42 Å². The minimum absolute atomic E-state index is 0.747. The second-order valence-corrected chi connectivity index (χ2v) is 1.61. The van der Waals surface area contributed by atoms with Crippen LogP contribution in [0.2, 0.25) is 0 Å². The van der Waals surface area contributed by atoms with E-state index in [1.807, 2.05) is 30.7 Å². The molecule has 8 heavy (non-hydrogen) atoms. The fourth-order valence-corrected chi connectivity index (χ4v) is 0.599. The molecule has 0 N–H and O–H groups in total. The molecule has 0 saturated heterocycles. The summed E-state index contributed by atoms with van der Waals surface area (Å²) in [6.45, 7) is 0. The van der Waals surface area contributed by atoms with Crippen LogP contribution in [-0.2, 0) is 0 Å². The number of nitrogens with zero attached hydrogens (tertiary/aromatic N) is 1. The van der Waals surface area contributed by atoms with Crippen LogP contribution < -0.4 is 0 Å². The number of hydrogen-bond donors (Lipinski definition) is 0. The van der Waals surface area contributed by atoms with Crippen LogP contribution >= 0.6 is 0 Å². The molecular formula is C7H6N. The summed E-state index contributed by atoms with van der Waals surface area (Å²) in [5.74, 6) is 0. The van der Waals surface area contributed by atoms with Crippen molar-refractivity contribution in [2.24, 2.45) is 0 Å². The van der Waals surface area contributed by atoms with E-state index >= 15 is 0 Å². The summed E-state index contributed by atoms with van der Waals surface area (Å²) < 4.78 is 0. The van der Waals surface area contributed by atoms with Gasteiger partial charge in [0.2, 0.25) is 0 Å². The molecule has 39 valence electrons. The molecule has 0 saturated carbocycles. The Bertz CT molecular complexity index is 169. The molecule has 1 rings (SSSR count). The molecule has 0 aromatic carbocycles. The van der Waals surface area contributed by atoms with Crippen LogP contribution in [0.5, 0.6) is 0 Å². The lowest BCUT2D eigenvalue weighted by Crippen LogP contribution is -1.79. The smallest absolute Gasteiger partial charge is 0.0988 e. The molecule has 0 aliphatic heterocycles. The van der Waals surface area contributed by atoms with Crippen molar-refractivity contribution in [2.45, 2.75) is 6.42 Å². The van der Waals surface area contributed by atoms with Gasteiger partial charge in [-0.1, -0.05) is 12.2 Å². The molecule has 1 radical (unpaired) electrons. The largest absolute Gasteiger partial charge is 0.192 e. The Labute approximate surface area is 48.9 Å². The van der Waals surface area contributed by atoms with Crippen molar-refractivity contribution in [1.29, 1.82) is 5.26 Å². The third-order valence-corrected chi connectivity index (χ3v) is 0.996. The minimum atomic E-state index is 0.747. The molecule has 1 heteroatoms. The van der Waals surface area contributed by atoms with Gasteiger partial charge in [-0.2, -0.15) is 5.26 Å². The van der Waals surface area contributed by atoms with Gasteiger partial charge in [-0.3, -0.25) is 0 Å². The fourth-order valence-electron chi connectivity index (χ4n) is 0.599. The Kier molecular flexibility index (Phi) is 1.48. The van der Waals surface area contributed by atoms with Crippen LogP contribution in [0, 0.1) is 17.8 Å². The number of hydrogen-bond acceptors (Lipinski definition) is 1. The molecule has 1 nitrogen and oxygen atoms in total. The van der Waals surface area contributed by atoms with E-state index in [4.69, 9.17) is 5.26 Å². The summed E-state index contributed by atoms with van der Waals surface area (Å²) in [5.41, 5.74) is 0.747. The SMILES string of the molecule is N#CC1=C[CH]CC=C1. The molecule has 0 heterocycles. The van der Waals surface area contributed by atoms with E-state index in [-0.39, 0.29) is 0 Å². The van der Waals surface area contributed by atoms with Crippen molar-refractivity contribution < 1.29 is 0 Å². The third kappa shape index (κ3) is 0.974. The zero-order chi connectivity index (χ0) is 5.82. The second kappa shape index (κ2) is 2.32. The van der Waals surface area contributed by atoms with Crippen LogP contribution in [0.15, 0.2) is 23.8 Å². The van der Waals surface area contributed by atoms with Crippen molar-refractivity contribution >= 4 is 0 Å². The average Bonchev–Trinajstić information content (AvgIpc) is 1.90. The van der Waals surface area contributed by atoms with Gasteiger partial charge in [0.15, 0.2) is 0 Å². The maximum absolute atomic E-state index is 8.30. The van der Waals surface area contributed by atoms with Crippen LogP contribution in [0.4, 0.5) is 0 Å². The summed E-state index contributed by atoms with van der Waals surface area (Å²) in [7, 11) is 0. The molecule has 0 spiro atoms. The van der Waals surface area contributed by atoms with Gasteiger partial charge in [0.25, 0.3) is 0 Å². The van der Waals surface area contributed by atoms with E-state index in [0.29, 0.717) is 0 Å². The van der Waals surface area contributed by atoms with E-state index in [2.05, 4.69) is 0 Å². The Morgan fingerprint density at radius 2 is 2.50 bits per heavy atom. The maximum Gasteiger partial charge on any atom is 0.0988 e. The normalized spacial score (nSPS) is 17.1. The second-order valence-electron chi connectivity index (χ2n) is 1.61. The molecule has 0 fully saturated rings. The van der Waals surface area contributed by atoms with Gasteiger partial charge in [0.05, 0.1) is 6.07 Å². The lowest BCUT2D eigenvalue weighted by molar-refractivity contribution is 1.25. The molecule has 0 bridgehead atoms. The van der Waals surface area contributed by atoms with Gasteiger partial charge in [-0.15, -0.1) is 0 Å². The van der Waals surface area contributed by atoms with E-state index in [0.717, 1.165) is 12.0 Å². The highest BCUT2D eigenvalue weighted by molar-refractivity contribution is 5.37. The summed E-state index contributed by atoms with van der Waals surface area (Å²) in [6, 6.07) is 2.05. The van der Waals surface area contributed by atoms with Crippen molar-refractivity contribution in [3.8, 4) is 6.07 Å². The van der Waals surface area contributed by atoms with Crippen molar-refractivity contribution in [3.05, 3.63) is 30.2 Å². The van der Waals surface area contributed by atoms with Crippen LogP contribution in [0.3, 0.4) is 0 Å². The Morgan fingerprint density at radius 3 is 2.88 bits per heavy atom. The lowest BCUT2D eigenvalue weighted by atomic mass is 10.1. The topological polar surface area (TPSA) is 23.8 Å². The molecule has 1 aliphatic rings.